The number of carbonyl (C=O) groups is 4. The Balaban J connectivity index is 1.15. The Hall–Kier alpha value is -8.29. The second-order valence-corrected chi connectivity index (χ2v) is 25.3. The smallest absolute Gasteiger partial charge is 0.410 e. The molecule has 0 heterocycles. The van der Waals surface area contributed by atoms with E-state index < -0.39 is 61.8 Å². The van der Waals surface area contributed by atoms with Crippen molar-refractivity contribution >= 4 is 59.1 Å². The normalized spacial score (nSPS) is 12.9. The highest BCUT2D eigenvalue weighted by atomic mass is 32.2. The fourth-order valence-corrected chi connectivity index (χ4v) is 15.6. The summed E-state index contributed by atoms with van der Waals surface area (Å²) in [5, 5.41) is 9.27. The summed E-state index contributed by atoms with van der Waals surface area (Å²) in [6.07, 6.45) is -0.708. The van der Waals surface area contributed by atoms with Gasteiger partial charge in [0.2, 0.25) is 17.7 Å². The van der Waals surface area contributed by atoms with E-state index in [1.165, 1.54) is 28.4 Å². The molecule has 0 radical (unpaired) electrons. The van der Waals surface area contributed by atoms with Gasteiger partial charge in [0, 0.05) is 31.4 Å². The Morgan fingerprint density at radius 2 is 0.588 bits per heavy atom. The summed E-state index contributed by atoms with van der Waals surface area (Å²) in [7, 11) is 3.13. The van der Waals surface area contributed by atoms with Crippen LogP contribution in [0.25, 0.3) is 0 Å². The molecule has 3 atom stereocenters. The Morgan fingerprint density at radius 1 is 0.365 bits per heavy atom. The first-order chi connectivity index (χ1) is 41.3. The molecular weight excluding hydrogens is 1110 g/mol. The minimum atomic E-state index is -1.28. The van der Waals surface area contributed by atoms with Crippen molar-refractivity contribution < 1.29 is 23.9 Å². The second kappa shape index (κ2) is 28.5. The number of rotatable bonds is 24. The van der Waals surface area contributed by atoms with Crippen LogP contribution in [-0.4, -0.2) is 83.8 Å². The van der Waals surface area contributed by atoms with Gasteiger partial charge in [0.1, 0.15) is 23.7 Å². The molecule has 4 amide bonds. The fraction of sp³-hybridized carbons (Fsp3) is 0.205. The quantitative estimate of drug-likeness (QED) is 0.0512. The highest BCUT2D eigenvalue weighted by Gasteiger charge is 2.44. The van der Waals surface area contributed by atoms with Gasteiger partial charge in [0.05, 0.1) is 14.2 Å². The summed E-state index contributed by atoms with van der Waals surface area (Å²) in [5.41, 5.74) is 7.87. The Kier molecular flexibility index (Phi) is 20.6. The summed E-state index contributed by atoms with van der Waals surface area (Å²) in [6.45, 7) is 5.36. The van der Waals surface area contributed by atoms with Crippen molar-refractivity contribution in [2.45, 2.75) is 58.7 Å². The number of benzene rings is 9. The van der Waals surface area contributed by atoms with E-state index in [1.54, 1.807) is 46.6 Å². The SMILES string of the molecule is CNC(=O)[C@H](CSC(c1ccccc1)(c1ccccc1)c1ccccc1)NC(=O)[C@H](CSC(c1ccccc1)(c1ccccc1)c1ccccc1)NC(=O)[C@H](CSC(c1ccccc1)(c1ccccc1)c1ccccc1)N(C)C(=O)OC(C)(C)C. The first kappa shape index (κ1) is 61.3. The second-order valence-electron chi connectivity index (χ2n) is 21.6. The van der Waals surface area contributed by atoms with E-state index in [-0.39, 0.29) is 17.3 Å². The van der Waals surface area contributed by atoms with Crippen molar-refractivity contribution in [3.63, 3.8) is 0 Å². The molecular formula is C73H72N4O5S3. The zero-order chi connectivity index (χ0) is 59.7. The molecule has 9 rings (SSSR count). The van der Waals surface area contributed by atoms with E-state index in [0.29, 0.717) is 0 Å². The van der Waals surface area contributed by atoms with E-state index in [0.717, 1.165) is 50.1 Å². The van der Waals surface area contributed by atoms with Crippen LogP contribution < -0.4 is 16.0 Å². The van der Waals surface area contributed by atoms with E-state index in [2.05, 4.69) is 125 Å². The van der Waals surface area contributed by atoms with Gasteiger partial charge in [0.25, 0.3) is 0 Å². The van der Waals surface area contributed by atoms with Crippen molar-refractivity contribution in [3.8, 4) is 0 Å². The summed E-state index contributed by atoms with van der Waals surface area (Å²) in [5.74, 6) is -1.38. The number of nitrogens with zero attached hydrogens (tertiary/aromatic N) is 1. The van der Waals surface area contributed by atoms with E-state index in [1.807, 2.05) is 164 Å². The van der Waals surface area contributed by atoms with Crippen LogP contribution in [-0.2, 0) is 33.4 Å². The molecule has 12 heteroatoms. The molecule has 0 unspecified atom stereocenters. The van der Waals surface area contributed by atoms with Crippen molar-refractivity contribution in [2.24, 2.45) is 0 Å². The van der Waals surface area contributed by atoms with Crippen molar-refractivity contribution in [3.05, 3.63) is 323 Å². The van der Waals surface area contributed by atoms with Crippen molar-refractivity contribution in [1.29, 1.82) is 0 Å². The molecule has 0 aliphatic carbocycles. The zero-order valence-electron chi connectivity index (χ0n) is 48.5. The van der Waals surface area contributed by atoms with Gasteiger partial charge in [-0.3, -0.25) is 19.3 Å². The number of hydrogen-bond donors (Lipinski definition) is 3. The van der Waals surface area contributed by atoms with Crippen LogP contribution in [0.4, 0.5) is 4.79 Å². The molecule has 9 nitrogen and oxygen atoms in total. The van der Waals surface area contributed by atoms with Crippen LogP contribution in [0.5, 0.6) is 0 Å². The molecule has 85 heavy (non-hydrogen) atoms. The minimum Gasteiger partial charge on any atom is -0.444 e. The van der Waals surface area contributed by atoms with Crippen LogP contribution in [0, 0.1) is 0 Å². The fourth-order valence-electron chi connectivity index (χ4n) is 10.8. The average Bonchev–Trinajstić information content (AvgIpc) is 1.80. The van der Waals surface area contributed by atoms with Crippen molar-refractivity contribution in [1.82, 2.24) is 20.9 Å². The predicted molar refractivity (Wildman–Crippen MR) is 351 cm³/mol. The molecule has 0 bridgehead atoms. The first-order valence-corrected chi connectivity index (χ1v) is 31.5. The summed E-state index contributed by atoms with van der Waals surface area (Å²) < 4.78 is 3.41. The molecule has 9 aromatic rings. The molecule has 0 aliphatic heterocycles. The maximum atomic E-state index is 16.0. The molecule has 0 aromatic heterocycles. The maximum Gasteiger partial charge on any atom is 0.410 e. The molecule has 3 N–H and O–H groups in total. The standard InChI is InChI=1S/C73H72N4O5S3/c1-70(2,3)82-69(81)77(5)65(53-85-73(60-45-27-12-28-46-60,61-47-29-13-30-48-61)62-49-31-14-32-50-62)68(80)76-64(52-84-72(57-39-21-9-22-40-57,58-41-23-10-24-42-58)59-43-25-11-26-44-59)67(79)75-63(66(78)74-4)51-83-71(54-33-15-6-16-34-54,55-35-17-7-18-36-55)56-37-19-8-20-38-56/h6-50,63-65H,51-53H2,1-5H3,(H,74,78)(H,75,79)(H,76,80)/t63-,64-,65-/m0/s1. The minimum absolute atomic E-state index is 0.0177. The lowest BCUT2D eigenvalue weighted by molar-refractivity contribution is -0.132. The third kappa shape index (κ3) is 14.1. The number of amides is 4. The van der Waals surface area contributed by atoms with Gasteiger partial charge < -0.3 is 20.7 Å². The number of hydrogen-bond acceptors (Lipinski definition) is 8. The molecule has 0 saturated heterocycles. The lowest BCUT2D eigenvalue weighted by atomic mass is 9.84. The van der Waals surface area contributed by atoms with Gasteiger partial charge in [-0.1, -0.05) is 273 Å². The molecule has 0 saturated carbocycles. The van der Waals surface area contributed by atoms with Crippen LogP contribution in [0.15, 0.2) is 273 Å². The van der Waals surface area contributed by atoms with Crippen LogP contribution in [0.2, 0.25) is 0 Å². The molecule has 0 aliphatic rings. The topological polar surface area (TPSA) is 117 Å². The van der Waals surface area contributed by atoms with Gasteiger partial charge >= 0.3 is 6.09 Å². The molecule has 0 fully saturated rings. The monoisotopic (exact) mass is 1180 g/mol. The number of nitrogens with one attached hydrogen (secondary N) is 3. The Morgan fingerprint density at radius 3 is 0.824 bits per heavy atom. The largest absolute Gasteiger partial charge is 0.444 e. The van der Waals surface area contributed by atoms with Gasteiger partial charge in [-0.25, -0.2) is 4.79 Å². The van der Waals surface area contributed by atoms with Gasteiger partial charge in [0.15, 0.2) is 0 Å². The lowest BCUT2D eigenvalue weighted by Crippen LogP contribution is -2.59. The average molecular weight is 1180 g/mol. The Labute approximate surface area is 513 Å². The van der Waals surface area contributed by atoms with E-state index in [9.17, 15) is 9.59 Å². The lowest BCUT2D eigenvalue weighted by Gasteiger charge is -2.38. The third-order valence-corrected chi connectivity index (χ3v) is 19.9. The summed E-state index contributed by atoms with van der Waals surface area (Å²) in [4.78, 5) is 62.2. The van der Waals surface area contributed by atoms with Gasteiger partial charge in [-0.2, -0.15) is 0 Å². The van der Waals surface area contributed by atoms with Crippen LogP contribution in [0.1, 0.15) is 70.8 Å². The van der Waals surface area contributed by atoms with Gasteiger partial charge in [-0.05, 0) is 70.8 Å². The molecule has 0 spiro atoms. The summed E-state index contributed by atoms with van der Waals surface area (Å²) in [6, 6.07) is 87.9. The van der Waals surface area contributed by atoms with E-state index in [4.69, 9.17) is 4.74 Å². The first-order valence-electron chi connectivity index (χ1n) is 28.5. The zero-order valence-corrected chi connectivity index (χ0v) is 51.0. The van der Waals surface area contributed by atoms with Crippen molar-refractivity contribution in [2.75, 3.05) is 31.4 Å². The Bertz CT molecular complexity index is 3260. The highest BCUT2D eigenvalue weighted by molar-refractivity contribution is 8.01. The van der Waals surface area contributed by atoms with E-state index >= 15 is 9.59 Å². The van der Waals surface area contributed by atoms with Crippen LogP contribution >= 0.6 is 35.3 Å². The number of thioether (sulfide) groups is 3. The summed E-state index contributed by atoms with van der Waals surface area (Å²) >= 11 is 4.58. The number of likely N-dealkylation sites (N-methyl/N-ethyl adjacent to an activating group) is 2. The van der Waals surface area contributed by atoms with Gasteiger partial charge in [-0.15, -0.1) is 35.3 Å². The number of carbonyl (C=O) groups excluding carboxylic acids is 4. The predicted octanol–water partition coefficient (Wildman–Crippen LogP) is 14.1. The van der Waals surface area contributed by atoms with Crippen LogP contribution in [0.3, 0.4) is 0 Å². The maximum absolute atomic E-state index is 16.0. The molecule has 432 valence electrons. The highest BCUT2D eigenvalue weighted by Crippen LogP contribution is 2.52. The third-order valence-electron chi connectivity index (χ3n) is 15.0. The number of ether oxygens (including phenoxy) is 1. The molecule has 9 aromatic carbocycles.